The number of anilines is 1. The Kier molecular flexibility index (Phi) is 7.08. The fraction of sp³-hybridized carbons (Fsp3) is 0.176. The molecule has 0 bridgehead atoms. The maximum Gasteiger partial charge on any atom is 0.273 e. The van der Waals surface area contributed by atoms with Crippen LogP contribution in [-0.2, 0) is 0 Å². The summed E-state index contributed by atoms with van der Waals surface area (Å²) in [5, 5.41) is 25.6. The summed E-state index contributed by atoms with van der Waals surface area (Å²) in [5.74, 6) is -0.449. The van der Waals surface area contributed by atoms with Crippen LogP contribution < -0.4 is 15.4 Å². The van der Waals surface area contributed by atoms with Crippen LogP contribution in [0.3, 0.4) is 0 Å². The summed E-state index contributed by atoms with van der Waals surface area (Å²) in [4.78, 5) is 22.6. The van der Waals surface area contributed by atoms with Gasteiger partial charge in [-0.2, -0.15) is 0 Å². The Balaban J connectivity index is 2.11. The van der Waals surface area contributed by atoms with E-state index in [4.69, 9.17) is 17.0 Å². The molecule has 10 heteroatoms. The Morgan fingerprint density at radius 3 is 2.70 bits per heavy atom. The van der Waals surface area contributed by atoms with Crippen molar-refractivity contribution in [2.24, 2.45) is 0 Å². The zero-order chi connectivity index (χ0) is 20.0. The molecule has 0 saturated heterocycles. The van der Waals surface area contributed by atoms with E-state index in [1.807, 2.05) is 6.92 Å². The largest absolute Gasteiger partial charge is 0.506 e. The molecule has 0 radical (unpaired) electrons. The maximum atomic E-state index is 12.5. The molecule has 0 aliphatic carbocycles. The van der Waals surface area contributed by atoms with E-state index in [1.165, 1.54) is 12.1 Å². The van der Waals surface area contributed by atoms with Crippen molar-refractivity contribution in [2.75, 3.05) is 11.9 Å². The van der Waals surface area contributed by atoms with Crippen molar-refractivity contribution in [3.63, 3.8) is 0 Å². The number of phenols is 1. The van der Waals surface area contributed by atoms with E-state index in [-0.39, 0.29) is 27.8 Å². The Bertz CT molecular complexity index is 891. The number of nitrogens with one attached hydrogen (secondary N) is 2. The number of nitro benzene ring substituents is 1. The van der Waals surface area contributed by atoms with Crippen LogP contribution in [0.4, 0.5) is 11.4 Å². The summed E-state index contributed by atoms with van der Waals surface area (Å²) in [6.07, 6.45) is 0.788. The van der Waals surface area contributed by atoms with Crippen LogP contribution in [0.2, 0.25) is 0 Å². The van der Waals surface area contributed by atoms with Crippen LogP contribution in [0.5, 0.6) is 11.5 Å². The quantitative estimate of drug-likeness (QED) is 0.262. The lowest BCUT2D eigenvalue weighted by molar-refractivity contribution is -0.384. The molecular formula is C17H16BrN3O5S. The standard InChI is InChI=1S/C17H16BrN3O5S/c1-2-7-26-15-6-3-10(18)8-12(15)16(23)20-17(27)19-13-5-4-11(21(24)25)9-14(13)22/h3-6,8-9,22H,2,7H2,1H3,(H2,19,20,23,27). The summed E-state index contributed by atoms with van der Waals surface area (Å²) < 4.78 is 6.27. The van der Waals surface area contributed by atoms with Gasteiger partial charge in [0.2, 0.25) is 0 Å². The average molecular weight is 454 g/mol. The molecule has 0 fully saturated rings. The predicted molar refractivity (Wildman–Crippen MR) is 108 cm³/mol. The van der Waals surface area contributed by atoms with Crippen molar-refractivity contribution >= 4 is 50.5 Å². The summed E-state index contributed by atoms with van der Waals surface area (Å²) >= 11 is 8.39. The van der Waals surface area contributed by atoms with Crippen LogP contribution in [0.15, 0.2) is 40.9 Å². The Labute approximate surface area is 168 Å². The van der Waals surface area contributed by atoms with E-state index < -0.39 is 10.8 Å². The zero-order valence-corrected chi connectivity index (χ0v) is 16.6. The van der Waals surface area contributed by atoms with Crippen molar-refractivity contribution < 1.29 is 19.6 Å². The number of carbonyl (C=O) groups excluding carboxylic acids is 1. The topological polar surface area (TPSA) is 114 Å². The normalized spacial score (nSPS) is 10.1. The number of hydrogen-bond donors (Lipinski definition) is 3. The highest BCUT2D eigenvalue weighted by atomic mass is 79.9. The molecule has 2 aromatic rings. The van der Waals surface area contributed by atoms with Gasteiger partial charge in [0.05, 0.1) is 28.8 Å². The van der Waals surface area contributed by atoms with E-state index in [1.54, 1.807) is 18.2 Å². The minimum Gasteiger partial charge on any atom is -0.506 e. The number of halogens is 1. The van der Waals surface area contributed by atoms with Crippen LogP contribution in [-0.4, -0.2) is 27.7 Å². The molecule has 27 heavy (non-hydrogen) atoms. The fourth-order valence-corrected chi connectivity index (χ4v) is 2.64. The third-order valence-electron chi connectivity index (χ3n) is 3.32. The first-order valence-corrected chi connectivity index (χ1v) is 9.04. The van der Waals surface area contributed by atoms with Gasteiger partial charge in [0.1, 0.15) is 11.5 Å². The number of phenolic OH excluding ortho intramolecular Hbond substituents is 1. The molecule has 0 aromatic heterocycles. The smallest absolute Gasteiger partial charge is 0.273 e. The molecule has 0 heterocycles. The zero-order valence-electron chi connectivity index (χ0n) is 14.2. The lowest BCUT2D eigenvalue weighted by atomic mass is 10.2. The third kappa shape index (κ3) is 5.63. The number of benzene rings is 2. The number of thiocarbonyl (C=S) groups is 1. The number of non-ortho nitro benzene ring substituents is 1. The van der Waals surface area contributed by atoms with E-state index in [0.717, 1.165) is 12.5 Å². The van der Waals surface area contributed by atoms with Crippen LogP contribution in [0.25, 0.3) is 0 Å². The number of nitrogens with zero attached hydrogens (tertiary/aromatic N) is 1. The molecule has 0 unspecified atom stereocenters. The second-order valence-electron chi connectivity index (χ2n) is 5.36. The molecule has 3 N–H and O–H groups in total. The van der Waals surface area contributed by atoms with Gasteiger partial charge in [-0.05, 0) is 42.9 Å². The number of amides is 1. The molecule has 0 spiro atoms. The van der Waals surface area contributed by atoms with Crippen LogP contribution >= 0.6 is 28.1 Å². The highest BCUT2D eigenvalue weighted by Gasteiger charge is 2.16. The summed E-state index contributed by atoms with van der Waals surface area (Å²) in [7, 11) is 0. The molecule has 0 atom stereocenters. The Hall–Kier alpha value is -2.72. The molecule has 0 aliphatic rings. The van der Waals surface area contributed by atoms with Gasteiger partial charge < -0.3 is 15.2 Å². The second-order valence-corrected chi connectivity index (χ2v) is 6.68. The molecule has 142 valence electrons. The minimum atomic E-state index is -0.630. The van der Waals surface area contributed by atoms with Gasteiger partial charge >= 0.3 is 0 Å². The summed E-state index contributed by atoms with van der Waals surface area (Å²) in [6.45, 7) is 2.41. The molecular weight excluding hydrogens is 438 g/mol. The molecule has 0 aliphatic heterocycles. The summed E-state index contributed by atoms with van der Waals surface area (Å²) in [5.41, 5.74) is 0.150. The van der Waals surface area contributed by atoms with E-state index in [9.17, 15) is 20.0 Å². The van der Waals surface area contributed by atoms with E-state index in [0.29, 0.717) is 16.8 Å². The first-order valence-electron chi connectivity index (χ1n) is 7.84. The second kappa shape index (κ2) is 9.28. The van der Waals surface area contributed by atoms with Crippen molar-refractivity contribution in [1.29, 1.82) is 0 Å². The number of rotatable bonds is 6. The lowest BCUT2D eigenvalue weighted by Crippen LogP contribution is -2.34. The number of carbonyl (C=O) groups is 1. The lowest BCUT2D eigenvalue weighted by Gasteiger charge is -2.13. The average Bonchev–Trinajstić information content (AvgIpc) is 2.62. The Morgan fingerprint density at radius 1 is 1.33 bits per heavy atom. The van der Waals surface area contributed by atoms with E-state index >= 15 is 0 Å². The van der Waals surface area contributed by atoms with Crippen molar-refractivity contribution in [1.82, 2.24) is 5.32 Å². The molecule has 8 nitrogen and oxygen atoms in total. The van der Waals surface area contributed by atoms with E-state index in [2.05, 4.69) is 26.6 Å². The first kappa shape index (κ1) is 20.6. The number of aromatic hydroxyl groups is 1. The van der Waals surface area contributed by atoms with Gasteiger partial charge in [0, 0.05) is 10.5 Å². The molecule has 0 saturated carbocycles. The minimum absolute atomic E-state index is 0.0782. The van der Waals surface area contributed by atoms with Gasteiger partial charge in [-0.1, -0.05) is 22.9 Å². The van der Waals surface area contributed by atoms with Gasteiger partial charge in [0.15, 0.2) is 5.11 Å². The SMILES string of the molecule is CCCOc1ccc(Br)cc1C(=O)NC(=S)Nc1ccc([N+](=O)[O-])cc1O. The monoisotopic (exact) mass is 453 g/mol. The van der Waals surface area contributed by atoms with Crippen LogP contribution in [0.1, 0.15) is 23.7 Å². The molecule has 1 amide bonds. The predicted octanol–water partition coefficient (Wildman–Crippen LogP) is 3.98. The first-order chi connectivity index (χ1) is 12.8. The fourth-order valence-electron chi connectivity index (χ4n) is 2.08. The number of nitro groups is 1. The third-order valence-corrected chi connectivity index (χ3v) is 4.01. The van der Waals surface area contributed by atoms with Crippen molar-refractivity contribution in [3.05, 3.63) is 56.5 Å². The highest BCUT2D eigenvalue weighted by molar-refractivity contribution is 9.10. The van der Waals surface area contributed by atoms with Crippen molar-refractivity contribution in [2.45, 2.75) is 13.3 Å². The Morgan fingerprint density at radius 2 is 2.07 bits per heavy atom. The summed E-state index contributed by atoms with van der Waals surface area (Å²) in [6, 6.07) is 8.52. The number of hydrogen-bond acceptors (Lipinski definition) is 6. The van der Waals surface area contributed by atoms with Gasteiger partial charge in [-0.25, -0.2) is 0 Å². The maximum absolute atomic E-state index is 12.5. The van der Waals surface area contributed by atoms with Gasteiger partial charge in [0.25, 0.3) is 11.6 Å². The number of ether oxygens (including phenoxy) is 1. The van der Waals surface area contributed by atoms with Gasteiger partial charge in [-0.3, -0.25) is 20.2 Å². The highest BCUT2D eigenvalue weighted by Crippen LogP contribution is 2.28. The van der Waals surface area contributed by atoms with Gasteiger partial charge in [-0.15, -0.1) is 0 Å². The van der Waals surface area contributed by atoms with Crippen LogP contribution in [0, 0.1) is 10.1 Å². The van der Waals surface area contributed by atoms with Crippen molar-refractivity contribution in [3.8, 4) is 11.5 Å². The molecule has 2 rings (SSSR count). The molecule has 2 aromatic carbocycles.